The first kappa shape index (κ1) is 18.1. The summed E-state index contributed by atoms with van der Waals surface area (Å²) in [7, 11) is -0.690. The number of hydrogen-bond acceptors (Lipinski definition) is 4. The van der Waals surface area contributed by atoms with Gasteiger partial charge in [-0.25, -0.2) is 4.72 Å². The number of nitrogens with one attached hydrogen (secondary N) is 3. The summed E-state index contributed by atoms with van der Waals surface area (Å²) in [6.07, 6.45) is 0. The van der Waals surface area contributed by atoms with Crippen LogP contribution in [0, 0.1) is 0 Å². The van der Waals surface area contributed by atoms with Crippen molar-refractivity contribution in [1.29, 1.82) is 0 Å². The van der Waals surface area contributed by atoms with Gasteiger partial charge in [0.25, 0.3) is 16.1 Å². The van der Waals surface area contributed by atoms with E-state index in [-0.39, 0.29) is 25.5 Å². The Labute approximate surface area is 130 Å². The van der Waals surface area contributed by atoms with Crippen LogP contribution in [0.2, 0.25) is 0 Å². The van der Waals surface area contributed by atoms with Crippen molar-refractivity contribution in [2.75, 3.05) is 33.7 Å². The molecule has 0 aliphatic rings. The molecule has 0 radical (unpaired) electrons. The second kappa shape index (κ2) is 8.47. The van der Waals surface area contributed by atoms with Crippen LogP contribution in [0.4, 0.5) is 0 Å². The number of rotatable bonds is 8. The Morgan fingerprint density at radius 1 is 1.05 bits per heavy atom. The van der Waals surface area contributed by atoms with Gasteiger partial charge in [0.1, 0.15) is 0 Å². The lowest BCUT2D eigenvalue weighted by Crippen LogP contribution is -2.42. The molecular formula is C13H20N4O4S. The Bertz CT molecular complexity index is 602. The highest BCUT2D eigenvalue weighted by Gasteiger charge is 2.12. The molecule has 1 aromatic carbocycles. The zero-order chi connectivity index (χ0) is 16.6. The van der Waals surface area contributed by atoms with Crippen molar-refractivity contribution < 1.29 is 18.0 Å². The Morgan fingerprint density at radius 3 is 2.27 bits per heavy atom. The van der Waals surface area contributed by atoms with Crippen LogP contribution in [0.1, 0.15) is 10.4 Å². The molecule has 0 saturated heterocycles. The maximum absolute atomic E-state index is 11.7. The zero-order valence-electron chi connectivity index (χ0n) is 12.5. The van der Waals surface area contributed by atoms with Gasteiger partial charge in [0, 0.05) is 32.7 Å². The molecule has 0 fully saturated rings. The Hall–Kier alpha value is -1.97. The Morgan fingerprint density at radius 2 is 1.68 bits per heavy atom. The Kier molecular flexibility index (Phi) is 6.96. The van der Waals surface area contributed by atoms with Crippen LogP contribution in [0.25, 0.3) is 0 Å². The fourth-order valence-electron chi connectivity index (χ4n) is 1.43. The number of amides is 2. The van der Waals surface area contributed by atoms with E-state index in [9.17, 15) is 18.0 Å². The summed E-state index contributed by atoms with van der Waals surface area (Å²) in [5.41, 5.74) is 0.467. The molecule has 9 heteroatoms. The number of hydrogen-bond donors (Lipinski definition) is 3. The van der Waals surface area contributed by atoms with Crippen molar-refractivity contribution in [3.8, 4) is 0 Å². The highest BCUT2D eigenvalue weighted by molar-refractivity contribution is 7.87. The van der Waals surface area contributed by atoms with Gasteiger partial charge in [-0.15, -0.1) is 0 Å². The van der Waals surface area contributed by atoms with E-state index in [4.69, 9.17) is 0 Å². The van der Waals surface area contributed by atoms with Crippen molar-refractivity contribution in [2.24, 2.45) is 0 Å². The van der Waals surface area contributed by atoms with Crippen LogP contribution in [-0.2, 0) is 15.0 Å². The lowest BCUT2D eigenvalue weighted by molar-refractivity contribution is -0.120. The van der Waals surface area contributed by atoms with Gasteiger partial charge in [0.05, 0.1) is 6.54 Å². The van der Waals surface area contributed by atoms with Gasteiger partial charge in [-0.05, 0) is 12.1 Å². The predicted octanol–water partition coefficient (Wildman–Crippen LogP) is -1.07. The molecule has 1 rings (SSSR count). The van der Waals surface area contributed by atoms with Crippen molar-refractivity contribution in [3.05, 3.63) is 35.9 Å². The first-order chi connectivity index (χ1) is 10.3. The number of carbonyl (C=O) groups is 2. The van der Waals surface area contributed by atoms with E-state index in [2.05, 4.69) is 15.4 Å². The summed E-state index contributed by atoms with van der Waals surface area (Å²) in [6, 6.07) is 8.53. The minimum absolute atomic E-state index is 0.0683. The topological polar surface area (TPSA) is 108 Å². The molecule has 0 heterocycles. The van der Waals surface area contributed by atoms with E-state index in [0.29, 0.717) is 5.56 Å². The maximum atomic E-state index is 11.7. The summed E-state index contributed by atoms with van der Waals surface area (Å²) in [4.78, 5) is 23.2. The molecule has 0 unspecified atom stereocenters. The third kappa shape index (κ3) is 6.20. The fourth-order valence-corrected chi connectivity index (χ4v) is 2.04. The summed E-state index contributed by atoms with van der Waals surface area (Å²) in [5, 5.41) is 4.98. The summed E-state index contributed by atoms with van der Waals surface area (Å²) < 4.78 is 26.1. The first-order valence-corrected chi connectivity index (χ1v) is 8.04. The minimum Gasteiger partial charge on any atom is -0.353 e. The van der Waals surface area contributed by atoms with E-state index in [1.165, 1.54) is 14.1 Å². The van der Waals surface area contributed by atoms with Crippen LogP contribution in [0.3, 0.4) is 0 Å². The van der Waals surface area contributed by atoms with Crippen LogP contribution < -0.4 is 15.4 Å². The van der Waals surface area contributed by atoms with Crippen molar-refractivity contribution in [3.63, 3.8) is 0 Å². The van der Waals surface area contributed by atoms with Crippen LogP contribution in [0.15, 0.2) is 30.3 Å². The normalized spacial score (nSPS) is 11.2. The number of nitrogens with zero attached hydrogens (tertiary/aromatic N) is 1. The molecule has 8 nitrogen and oxygen atoms in total. The highest BCUT2D eigenvalue weighted by atomic mass is 32.2. The monoisotopic (exact) mass is 328 g/mol. The molecule has 0 aliphatic carbocycles. The quantitative estimate of drug-likeness (QED) is 0.528. The van der Waals surface area contributed by atoms with Gasteiger partial charge in [-0.1, -0.05) is 18.2 Å². The van der Waals surface area contributed by atoms with Crippen LogP contribution >= 0.6 is 0 Å². The maximum Gasteiger partial charge on any atom is 0.278 e. The molecule has 22 heavy (non-hydrogen) atoms. The minimum atomic E-state index is -3.50. The lowest BCUT2D eigenvalue weighted by atomic mass is 10.2. The molecule has 0 saturated carbocycles. The summed E-state index contributed by atoms with van der Waals surface area (Å²) >= 11 is 0. The van der Waals surface area contributed by atoms with E-state index in [0.717, 1.165) is 4.31 Å². The lowest BCUT2D eigenvalue weighted by Gasteiger charge is -2.12. The van der Waals surface area contributed by atoms with Crippen molar-refractivity contribution >= 4 is 22.0 Å². The average molecular weight is 328 g/mol. The van der Waals surface area contributed by atoms with Gasteiger partial charge in [0.15, 0.2) is 0 Å². The predicted molar refractivity (Wildman–Crippen MR) is 82.4 cm³/mol. The number of carbonyl (C=O) groups excluding carboxylic acids is 2. The molecular weight excluding hydrogens is 308 g/mol. The van der Waals surface area contributed by atoms with Gasteiger partial charge in [0.2, 0.25) is 5.91 Å². The summed E-state index contributed by atoms with van der Waals surface area (Å²) in [6.45, 7) is 0.0279. The zero-order valence-corrected chi connectivity index (χ0v) is 13.3. The van der Waals surface area contributed by atoms with Crippen LogP contribution in [-0.4, -0.2) is 58.3 Å². The number of benzene rings is 1. The smallest absolute Gasteiger partial charge is 0.278 e. The average Bonchev–Trinajstić information content (AvgIpc) is 2.50. The van der Waals surface area contributed by atoms with E-state index in [1.807, 2.05) is 0 Å². The van der Waals surface area contributed by atoms with Gasteiger partial charge >= 0.3 is 0 Å². The molecule has 0 aromatic heterocycles. The van der Waals surface area contributed by atoms with Gasteiger partial charge in [-0.2, -0.15) is 12.7 Å². The highest BCUT2D eigenvalue weighted by Crippen LogP contribution is 1.97. The summed E-state index contributed by atoms with van der Waals surface area (Å²) in [5.74, 6) is -0.739. The van der Waals surface area contributed by atoms with E-state index < -0.39 is 16.1 Å². The van der Waals surface area contributed by atoms with E-state index in [1.54, 1.807) is 30.3 Å². The molecule has 0 bridgehead atoms. The third-order valence-electron chi connectivity index (χ3n) is 2.66. The molecule has 122 valence electrons. The van der Waals surface area contributed by atoms with Crippen molar-refractivity contribution in [2.45, 2.75) is 0 Å². The molecule has 2 amide bonds. The standard InChI is InChI=1S/C13H20N4O4S/c1-17(2)22(20,21)16-9-8-14-12(18)10-15-13(19)11-6-4-3-5-7-11/h3-7,16H,8-10H2,1-2H3,(H,14,18)(H,15,19). The SMILES string of the molecule is CN(C)S(=O)(=O)NCCNC(=O)CNC(=O)c1ccccc1. The Balaban J connectivity index is 2.23. The van der Waals surface area contributed by atoms with E-state index >= 15 is 0 Å². The fraction of sp³-hybridized carbons (Fsp3) is 0.385. The molecule has 0 spiro atoms. The second-order valence-corrected chi connectivity index (χ2v) is 6.55. The largest absolute Gasteiger partial charge is 0.353 e. The first-order valence-electron chi connectivity index (χ1n) is 6.60. The van der Waals surface area contributed by atoms with Gasteiger partial charge < -0.3 is 10.6 Å². The molecule has 0 atom stereocenters. The second-order valence-electron chi connectivity index (χ2n) is 4.58. The molecule has 1 aromatic rings. The van der Waals surface area contributed by atoms with Crippen molar-refractivity contribution in [1.82, 2.24) is 19.7 Å². The molecule has 3 N–H and O–H groups in total. The third-order valence-corrected chi connectivity index (χ3v) is 4.19. The molecule has 0 aliphatic heterocycles. The van der Waals surface area contributed by atoms with Crippen LogP contribution in [0.5, 0.6) is 0 Å². The van der Waals surface area contributed by atoms with Gasteiger partial charge in [-0.3, -0.25) is 9.59 Å².